The molecule has 146 valence electrons. The van der Waals surface area contributed by atoms with Gasteiger partial charge in [0.15, 0.2) is 6.61 Å². The second-order valence-corrected chi connectivity index (χ2v) is 9.25. The highest BCUT2D eigenvalue weighted by Crippen LogP contribution is 2.60. The molecule has 27 heavy (non-hydrogen) atoms. The molecule has 4 saturated carbocycles. The van der Waals surface area contributed by atoms with Crippen molar-refractivity contribution in [3.05, 3.63) is 29.8 Å². The van der Waals surface area contributed by atoms with Crippen molar-refractivity contribution in [1.82, 2.24) is 0 Å². The molecule has 0 radical (unpaired) electrons. The Morgan fingerprint density at radius 1 is 1.07 bits per heavy atom. The van der Waals surface area contributed by atoms with Crippen LogP contribution in [0.2, 0.25) is 0 Å². The van der Waals surface area contributed by atoms with E-state index in [0.29, 0.717) is 23.7 Å². The van der Waals surface area contributed by atoms with Crippen molar-refractivity contribution in [2.75, 3.05) is 11.9 Å². The van der Waals surface area contributed by atoms with Gasteiger partial charge in [0.25, 0.3) is 5.91 Å². The zero-order chi connectivity index (χ0) is 19.0. The first-order valence-corrected chi connectivity index (χ1v) is 10.5. The van der Waals surface area contributed by atoms with Crippen LogP contribution in [0.3, 0.4) is 0 Å². The predicted octanol–water partition coefficient (Wildman–Crippen LogP) is 4.90. The highest BCUT2D eigenvalue weighted by molar-refractivity contribution is 5.93. The summed E-state index contributed by atoms with van der Waals surface area (Å²) in [6, 6.07) is 7.93. The van der Waals surface area contributed by atoms with Crippen LogP contribution in [0.1, 0.15) is 70.3 Å². The van der Waals surface area contributed by atoms with E-state index >= 15 is 0 Å². The minimum atomic E-state index is -0.299. The maximum atomic E-state index is 12.8. The van der Waals surface area contributed by atoms with Crippen LogP contribution in [-0.2, 0) is 14.3 Å². The molecule has 4 heteroatoms. The lowest BCUT2D eigenvalue weighted by atomic mass is 9.49. The Bertz CT molecular complexity index is 674. The Kier molecular flexibility index (Phi) is 5.00. The van der Waals surface area contributed by atoms with Crippen LogP contribution in [-0.4, -0.2) is 18.5 Å². The standard InChI is InChI=1S/C23H31NO3/c1-3-15(2)19-4-6-20(7-5-19)24-21(25)14-27-22(26)23-11-16-8-17(12-23)10-18(9-16)13-23/h4-7,15-18H,3,8-14H2,1-2H3,(H,24,25). The first kappa shape index (κ1) is 18.5. The number of hydrogen-bond acceptors (Lipinski definition) is 3. The molecule has 0 saturated heterocycles. The van der Waals surface area contributed by atoms with Crippen molar-refractivity contribution < 1.29 is 14.3 Å². The summed E-state index contributed by atoms with van der Waals surface area (Å²) in [5, 5.41) is 2.84. The van der Waals surface area contributed by atoms with Gasteiger partial charge in [0, 0.05) is 5.69 Å². The van der Waals surface area contributed by atoms with Crippen LogP contribution in [0.5, 0.6) is 0 Å². The molecule has 5 rings (SSSR count). The number of ether oxygens (including phenoxy) is 1. The van der Waals surface area contributed by atoms with Gasteiger partial charge in [-0.25, -0.2) is 0 Å². The molecule has 4 fully saturated rings. The minimum absolute atomic E-state index is 0.135. The molecule has 1 unspecified atom stereocenters. The SMILES string of the molecule is CCC(C)c1ccc(NC(=O)COC(=O)C23CC4CC(CC(C4)C2)C3)cc1. The fourth-order valence-corrected chi connectivity index (χ4v) is 5.97. The highest BCUT2D eigenvalue weighted by Gasteiger charge is 2.55. The second-order valence-electron chi connectivity index (χ2n) is 9.25. The van der Waals surface area contributed by atoms with E-state index in [4.69, 9.17) is 4.74 Å². The van der Waals surface area contributed by atoms with Crippen molar-refractivity contribution in [2.45, 2.75) is 64.7 Å². The van der Waals surface area contributed by atoms with E-state index in [9.17, 15) is 9.59 Å². The number of hydrogen-bond donors (Lipinski definition) is 1. The Hall–Kier alpha value is -1.84. The first-order chi connectivity index (χ1) is 13.0. The van der Waals surface area contributed by atoms with Gasteiger partial charge in [-0.1, -0.05) is 26.0 Å². The van der Waals surface area contributed by atoms with E-state index in [1.54, 1.807) is 0 Å². The van der Waals surface area contributed by atoms with E-state index in [2.05, 4.69) is 19.2 Å². The lowest BCUT2D eigenvalue weighted by Crippen LogP contribution is -2.50. The number of esters is 1. The van der Waals surface area contributed by atoms with Crippen molar-refractivity contribution in [1.29, 1.82) is 0 Å². The third-order valence-corrected chi connectivity index (χ3v) is 7.18. The van der Waals surface area contributed by atoms with Crippen LogP contribution in [0.15, 0.2) is 24.3 Å². The largest absolute Gasteiger partial charge is 0.455 e. The number of nitrogens with one attached hydrogen (secondary N) is 1. The molecule has 4 aliphatic carbocycles. The van der Waals surface area contributed by atoms with Crippen molar-refractivity contribution >= 4 is 17.6 Å². The number of amides is 1. The highest BCUT2D eigenvalue weighted by atomic mass is 16.5. The number of benzene rings is 1. The molecule has 0 spiro atoms. The maximum Gasteiger partial charge on any atom is 0.312 e. The van der Waals surface area contributed by atoms with Crippen LogP contribution in [0.4, 0.5) is 5.69 Å². The third-order valence-electron chi connectivity index (χ3n) is 7.18. The van der Waals surface area contributed by atoms with Crippen LogP contribution >= 0.6 is 0 Å². The van der Waals surface area contributed by atoms with E-state index in [-0.39, 0.29) is 23.9 Å². The van der Waals surface area contributed by atoms with Crippen molar-refractivity contribution in [3.8, 4) is 0 Å². The monoisotopic (exact) mass is 369 g/mol. The Morgan fingerprint density at radius 2 is 1.63 bits per heavy atom. The summed E-state index contributed by atoms with van der Waals surface area (Å²) < 4.78 is 5.49. The fraction of sp³-hybridized carbons (Fsp3) is 0.652. The Balaban J connectivity index is 1.30. The van der Waals surface area contributed by atoms with Crippen molar-refractivity contribution in [2.24, 2.45) is 23.2 Å². The molecule has 1 aromatic rings. The summed E-state index contributed by atoms with van der Waals surface area (Å²) in [6.45, 7) is 4.17. The quantitative estimate of drug-likeness (QED) is 0.726. The smallest absolute Gasteiger partial charge is 0.312 e. The minimum Gasteiger partial charge on any atom is -0.455 e. The molecule has 4 nitrogen and oxygen atoms in total. The van der Waals surface area contributed by atoms with Gasteiger partial charge < -0.3 is 10.1 Å². The lowest BCUT2D eigenvalue weighted by molar-refractivity contribution is -0.172. The number of carbonyl (C=O) groups excluding carboxylic acids is 2. The molecule has 1 amide bonds. The molecule has 4 bridgehead atoms. The molecular formula is C23H31NO3. The zero-order valence-electron chi connectivity index (χ0n) is 16.5. The van der Waals surface area contributed by atoms with Gasteiger partial charge in [-0.05, 0) is 86.3 Å². The molecule has 0 heterocycles. The third kappa shape index (κ3) is 3.76. The molecule has 1 atom stereocenters. The molecule has 1 aromatic carbocycles. The number of rotatable bonds is 6. The van der Waals surface area contributed by atoms with Crippen LogP contribution < -0.4 is 5.32 Å². The zero-order valence-corrected chi connectivity index (χ0v) is 16.5. The van der Waals surface area contributed by atoms with Crippen molar-refractivity contribution in [3.63, 3.8) is 0 Å². The van der Waals surface area contributed by atoms with Gasteiger partial charge in [-0.15, -0.1) is 0 Å². The lowest BCUT2D eigenvalue weighted by Gasteiger charge is -2.55. The second kappa shape index (κ2) is 7.29. The van der Waals surface area contributed by atoms with E-state index < -0.39 is 0 Å². The average Bonchev–Trinajstić information content (AvgIpc) is 2.65. The van der Waals surface area contributed by atoms with Gasteiger partial charge in [-0.3, -0.25) is 9.59 Å². The molecular weight excluding hydrogens is 338 g/mol. The molecule has 0 aliphatic heterocycles. The molecule has 4 aliphatic rings. The Labute approximate surface area is 162 Å². The summed E-state index contributed by atoms with van der Waals surface area (Å²) in [7, 11) is 0. The normalized spacial score (nSPS) is 32.1. The van der Waals surface area contributed by atoms with Gasteiger partial charge in [0.2, 0.25) is 0 Å². The van der Waals surface area contributed by atoms with Crippen LogP contribution in [0.25, 0.3) is 0 Å². The summed E-state index contributed by atoms with van der Waals surface area (Å²) in [4.78, 5) is 25.0. The summed E-state index contributed by atoms with van der Waals surface area (Å²) >= 11 is 0. The summed E-state index contributed by atoms with van der Waals surface area (Å²) in [5.41, 5.74) is 1.72. The van der Waals surface area contributed by atoms with Gasteiger partial charge in [0.05, 0.1) is 5.41 Å². The van der Waals surface area contributed by atoms with E-state index in [1.165, 1.54) is 24.8 Å². The Morgan fingerprint density at radius 3 is 2.15 bits per heavy atom. The van der Waals surface area contributed by atoms with Gasteiger partial charge in [0.1, 0.15) is 0 Å². The predicted molar refractivity (Wildman–Crippen MR) is 105 cm³/mol. The summed E-state index contributed by atoms with van der Waals surface area (Å²) in [6.07, 6.45) is 7.87. The summed E-state index contributed by atoms with van der Waals surface area (Å²) in [5.74, 6) is 2.20. The van der Waals surface area contributed by atoms with Gasteiger partial charge >= 0.3 is 5.97 Å². The number of anilines is 1. The first-order valence-electron chi connectivity index (χ1n) is 10.5. The van der Waals surface area contributed by atoms with E-state index in [0.717, 1.165) is 31.4 Å². The molecule has 1 N–H and O–H groups in total. The number of carbonyl (C=O) groups is 2. The fourth-order valence-electron chi connectivity index (χ4n) is 5.97. The topological polar surface area (TPSA) is 55.4 Å². The maximum absolute atomic E-state index is 12.8. The van der Waals surface area contributed by atoms with E-state index in [1.807, 2.05) is 24.3 Å². The molecule has 0 aromatic heterocycles. The van der Waals surface area contributed by atoms with Crippen LogP contribution in [0, 0.1) is 23.2 Å². The average molecular weight is 370 g/mol. The van der Waals surface area contributed by atoms with Gasteiger partial charge in [-0.2, -0.15) is 0 Å².